The van der Waals surface area contributed by atoms with Crippen LogP contribution in [0.1, 0.15) is 18.1 Å². The van der Waals surface area contributed by atoms with Crippen LogP contribution in [0.25, 0.3) is 0 Å². The van der Waals surface area contributed by atoms with Crippen molar-refractivity contribution < 1.29 is 17.9 Å². The molecule has 2 aromatic carbocycles. The van der Waals surface area contributed by atoms with Gasteiger partial charge in [0.05, 0.1) is 24.4 Å². The van der Waals surface area contributed by atoms with Crippen LogP contribution in [0.2, 0.25) is 0 Å². The number of benzene rings is 2. The number of esters is 1. The van der Waals surface area contributed by atoms with Crippen LogP contribution in [0.15, 0.2) is 76.8 Å². The molecule has 1 aliphatic heterocycles. The van der Waals surface area contributed by atoms with Crippen molar-refractivity contribution in [3.63, 3.8) is 0 Å². The predicted molar refractivity (Wildman–Crippen MR) is 103 cm³/mol. The van der Waals surface area contributed by atoms with Gasteiger partial charge in [0.2, 0.25) is 0 Å². The van der Waals surface area contributed by atoms with Crippen molar-refractivity contribution in [3.8, 4) is 0 Å². The molecular weight excluding hydrogens is 364 g/mol. The highest BCUT2D eigenvalue weighted by molar-refractivity contribution is 7.88. The maximum Gasteiger partial charge on any atom is 0.344 e. The van der Waals surface area contributed by atoms with Crippen LogP contribution in [-0.4, -0.2) is 31.0 Å². The first-order valence-corrected chi connectivity index (χ1v) is 9.91. The van der Waals surface area contributed by atoms with Gasteiger partial charge in [0.15, 0.2) is 0 Å². The van der Waals surface area contributed by atoms with E-state index >= 15 is 0 Å². The molecule has 0 aromatic heterocycles. The van der Waals surface area contributed by atoms with Gasteiger partial charge in [-0.3, -0.25) is 4.31 Å². The second-order valence-corrected chi connectivity index (χ2v) is 7.65. The third kappa shape index (κ3) is 4.83. The van der Waals surface area contributed by atoms with Crippen LogP contribution >= 0.6 is 0 Å². The van der Waals surface area contributed by atoms with Gasteiger partial charge in [-0.25, -0.2) is 4.79 Å². The minimum atomic E-state index is -3.86. The van der Waals surface area contributed by atoms with Gasteiger partial charge in [-0.1, -0.05) is 60.7 Å². The van der Waals surface area contributed by atoms with Crippen molar-refractivity contribution >= 4 is 21.9 Å². The number of hydrogen-bond acceptors (Lipinski definition) is 4. The molecule has 0 spiro atoms. The average Bonchev–Trinajstić information content (AvgIpc) is 2.65. The Morgan fingerprint density at radius 1 is 1.00 bits per heavy atom. The summed E-state index contributed by atoms with van der Waals surface area (Å²) in [5, 5.41) is 0. The minimum Gasteiger partial charge on any atom is -0.462 e. The Morgan fingerprint density at radius 3 is 2.22 bits per heavy atom. The van der Waals surface area contributed by atoms with E-state index in [1.165, 1.54) is 13.1 Å². The van der Waals surface area contributed by atoms with Gasteiger partial charge < -0.3 is 4.74 Å². The van der Waals surface area contributed by atoms with E-state index in [0.717, 1.165) is 15.4 Å². The summed E-state index contributed by atoms with van der Waals surface area (Å²) in [6.07, 6.45) is 1.89. The maximum absolute atomic E-state index is 12.4. The Morgan fingerprint density at radius 2 is 1.59 bits per heavy atom. The summed E-state index contributed by atoms with van der Waals surface area (Å²) in [5.74, 6) is -0.583. The molecule has 0 radical (unpaired) electrons. The molecule has 7 heteroatoms. The van der Waals surface area contributed by atoms with Crippen LogP contribution < -0.4 is 0 Å². The minimum absolute atomic E-state index is 0.0980. The quantitative estimate of drug-likeness (QED) is 0.718. The third-order valence-electron chi connectivity index (χ3n) is 4.08. The Labute approximate surface area is 159 Å². The van der Waals surface area contributed by atoms with E-state index in [-0.39, 0.29) is 24.4 Å². The van der Waals surface area contributed by atoms with Gasteiger partial charge in [-0.05, 0) is 18.1 Å². The number of nitrogens with zero attached hydrogens (tertiary/aromatic N) is 2. The molecule has 0 saturated heterocycles. The first-order chi connectivity index (χ1) is 13.0. The monoisotopic (exact) mass is 384 g/mol. The topological polar surface area (TPSA) is 76.0 Å². The highest BCUT2D eigenvalue weighted by atomic mass is 32.2. The second-order valence-electron chi connectivity index (χ2n) is 6.10. The molecule has 0 amide bonds. The van der Waals surface area contributed by atoms with Crippen molar-refractivity contribution in [1.29, 1.82) is 0 Å². The summed E-state index contributed by atoms with van der Waals surface area (Å²) in [6.45, 7) is 1.79. The molecule has 0 saturated carbocycles. The maximum atomic E-state index is 12.4. The van der Waals surface area contributed by atoms with Gasteiger partial charge in [0.1, 0.15) is 0 Å². The van der Waals surface area contributed by atoms with E-state index in [2.05, 4.69) is 4.40 Å². The van der Waals surface area contributed by atoms with Crippen molar-refractivity contribution in [2.24, 2.45) is 4.40 Å². The molecule has 0 bridgehead atoms. The van der Waals surface area contributed by atoms with E-state index in [1.807, 2.05) is 60.7 Å². The molecule has 0 fully saturated rings. The SMILES string of the molecule is CC1=NS(=O)(=O)N(Cc2ccccc2)C=C1C(=O)OCCc1ccccc1. The van der Waals surface area contributed by atoms with Crippen molar-refractivity contribution in [2.75, 3.05) is 6.61 Å². The van der Waals surface area contributed by atoms with E-state index < -0.39 is 16.2 Å². The molecule has 140 valence electrons. The molecule has 1 aliphatic rings. The molecule has 0 unspecified atom stereocenters. The zero-order valence-electron chi connectivity index (χ0n) is 14.9. The standard InChI is InChI=1S/C20H20N2O4S/c1-16-19(20(23)26-13-12-17-8-4-2-5-9-17)15-22(27(24,25)21-16)14-18-10-6-3-7-11-18/h2-11,15H,12-14H2,1H3. The zero-order valence-corrected chi connectivity index (χ0v) is 15.7. The molecule has 1 heterocycles. The number of carbonyl (C=O) groups is 1. The summed E-state index contributed by atoms with van der Waals surface area (Å²) in [6, 6.07) is 18.8. The molecule has 3 rings (SSSR count). The largest absolute Gasteiger partial charge is 0.462 e. The number of hydrogen-bond donors (Lipinski definition) is 0. The summed E-state index contributed by atoms with van der Waals surface area (Å²) >= 11 is 0. The van der Waals surface area contributed by atoms with Crippen molar-refractivity contribution in [2.45, 2.75) is 19.9 Å². The molecule has 27 heavy (non-hydrogen) atoms. The smallest absolute Gasteiger partial charge is 0.344 e. The first-order valence-electron chi connectivity index (χ1n) is 8.51. The van der Waals surface area contributed by atoms with Crippen molar-refractivity contribution in [1.82, 2.24) is 4.31 Å². The van der Waals surface area contributed by atoms with Crippen molar-refractivity contribution in [3.05, 3.63) is 83.6 Å². The van der Waals surface area contributed by atoms with Gasteiger partial charge in [-0.15, -0.1) is 4.40 Å². The average molecular weight is 384 g/mol. The van der Waals surface area contributed by atoms with Gasteiger partial charge in [0.25, 0.3) is 0 Å². The highest BCUT2D eigenvalue weighted by Gasteiger charge is 2.28. The lowest BCUT2D eigenvalue weighted by molar-refractivity contribution is -0.138. The van der Waals surface area contributed by atoms with Gasteiger partial charge in [-0.2, -0.15) is 8.42 Å². The summed E-state index contributed by atoms with van der Waals surface area (Å²) < 4.78 is 34.7. The molecule has 0 atom stereocenters. The fourth-order valence-electron chi connectivity index (χ4n) is 2.65. The lowest BCUT2D eigenvalue weighted by Crippen LogP contribution is -2.31. The van der Waals surface area contributed by atoms with Crippen LogP contribution in [0.5, 0.6) is 0 Å². The van der Waals surface area contributed by atoms with E-state index in [0.29, 0.717) is 6.42 Å². The number of rotatable bonds is 6. The molecular formula is C20H20N2O4S. The van der Waals surface area contributed by atoms with Crippen LogP contribution in [0.4, 0.5) is 0 Å². The third-order valence-corrected chi connectivity index (χ3v) is 5.41. The van der Waals surface area contributed by atoms with Gasteiger partial charge >= 0.3 is 16.2 Å². The predicted octanol–water partition coefficient (Wildman–Crippen LogP) is 2.88. The van der Waals surface area contributed by atoms with Crippen LogP contribution in [-0.2, 0) is 32.7 Å². The van der Waals surface area contributed by atoms with Crippen LogP contribution in [0.3, 0.4) is 0 Å². The summed E-state index contributed by atoms with van der Waals surface area (Å²) in [7, 11) is -3.86. The Bertz CT molecular complexity index is 968. The molecule has 0 N–H and O–H groups in total. The Hall–Kier alpha value is -2.93. The summed E-state index contributed by atoms with van der Waals surface area (Å²) in [5.41, 5.74) is 2.13. The Kier molecular flexibility index (Phi) is 5.71. The van der Waals surface area contributed by atoms with Gasteiger partial charge in [0, 0.05) is 12.6 Å². The normalized spacial score (nSPS) is 15.7. The molecule has 6 nitrogen and oxygen atoms in total. The lowest BCUT2D eigenvalue weighted by Gasteiger charge is -2.23. The van der Waals surface area contributed by atoms with E-state index in [9.17, 15) is 13.2 Å². The number of carbonyl (C=O) groups excluding carboxylic acids is 1. The van der Waals surface area contributed by atoms with E-state index in [4.69, 9.17) is 4.74 Å². The Balaban J connectivity index is 1.70. The molecule has 2 aromatic rings. The number of ether oxygens (including phenoxy) is 1. The summed E-state index contributed by atoms with van der Waals surface area (Å²) in [4.78, 5) is 12.4. The fourth-order valence-corrected chi connectivity index (χ4v) is 3.75. The highest BCUT2D eigenvalue weighted by Crippen LogP contribution is 2.20. The first kappa shape index (κ1) is 18.8. The fraction of sp³-hybridized carbons (Fsp3) is 0.200. The van der Waals surface area contributed by atoms with E-state index in [1.54, 1.807) is 0 Å². The lowest BCUT2D eigenvalue weighted by atomic mass is 10.1. The van der Waals surface area contributed by atoms with Crippen LogP contribution in [0, 0.1) is 0 Å². The zero-order chi connectivity index (χ0) is 19.3. The molecule has 0 aliphatic carbocycles. The second kappa shape index (κ2) is 8.18.